The highest BCUT2D eigenvalue weighted by atomic mass is 35.5. The Morgan fingerprint density at radius 3 is 2.89 bits per heavy atom. The molecular formula is C14H20ClN3O. The van der Waals surface area contributed by atoms with Crippen molar-refractivity contribution in [1.82, 2.24) is 14.3 Å². The summed E-state index contributed by atoms with van der Waals surface area (Å²) in [5.41, 5.74) is 1.97. The Bertz CT molecular complexity index is 526. The van der Waals surface area contributed by atoms with Crippen LogP contribution in [0, 0.1) is 0 Å². The van der Waals surface area contributed by atoms with E-state index in [1.54, 1.807) is 0 Å². The first-order valence-electron chi connectivity index (χ1n) is 6.61. The van der Waals surface area contributed by atoms with E-state index in [1.165, 1.54) is 0 Å². The number of aromatic nitrogens is 2. The van der Waals surface area contributed by atoms with Crippen molar-refractivity contribution in [2.45, 2.75) is 25.8 Å². The minimum Gasteiger partial charge on any atom is -0.396 e. The molecule has 0 amide bonds. The van der Waals surface area contributed by atoms with Gasteiger partial charge in [0, 0.05) is 25.5 Å². The number of fused-ring (bicyclic) bond motifs is 1. The summed E-state index contributed by atoms with van der Waals surface area (Å²) in [4.78, 5) is 6.81. The predicted molar refractivity (Wildman–Crippen MR) is 77.5 cm³/mol. The van der Waals surface area contributed by atoms with Crippen LogP contribution in [-0.2, 0) is 6.54 Å². The molecule has 2 aromatic rings. The van der Waals surface area contributed by atoms with Gasteiger partial charge in [-0.2, -0.15) is 0 Å². The van der Waals surface area contributed by atoms with Gasteiger partial charge in [0.05, 0.1) is 10.7 Å². The van der Waals surface area contributed by atoms with Crippen molar-refractivity contribution >= 4 is 17.2 Å². The minimum absolute atomic E-state index is 0.289. The van der Waals surface area contributed by atoms with Gasteiger partial charge < -0.3 is 14.4 Å². The molecule has 19 heavy (non-hydrogen) atoms. The summed E-state index contributed by atoms with van der Waals surface area (Å²) in [6, 6.07) is 3.78. The molecule has 2 heterocycles. The van der Waals surface area contributed by atoms with Crippen molar-refractivity contribution < 1.29 is 5.11 Å². The Labute approximate surface area is 118 Å². The molecule has 0 aromatic carbocycles. The van der Waals surface area contributed by atoms with Gasteiger partial charge in [0.1, 0.15) is 5.65 Å². The molecule has 104 valence electrons. The van der Waals surface area contributed by atoms with E-state index in [9.17, 15) is 0 Å². The smallest absolute Gasteiger partial charge is 0.137 e. The van der Waals surface area contributed by atoms with Crippen LogP contribution in [0.1, 0.15) is 25.0 Å². The molecule has 0 bridgehead atoms. The summed E-state index contributed by atoms with van der Waals surface area (Å²) in [5.74, 6) is 0. The molecule has 0 aliphatic carbocycles. The Hall–Kier alpha value is -1.10. The van der Waals surface area contributed by atoms with E-state index in [-0.39, 0.29) is 6.61 Å². The molecule has 0 aliphatic rings. The summed E-state index contributed by atoms with van der Waals surface area (Å²) < 4.78 is 1.96. The van der Waals surface area contributed by atoms with E-state index >= 15 is 0 Å². The Morgan fingerprint density at radius 2 is 2.11 bits per heavy atom. The van der Waals surface area contributed by atoms with Crippen molar-refractivity contribution in [2.75, 3.05) is 20.2 Å². The molecule has 5 heteroatoms. The van der Waals surface area contributed by atoms with E-state index < -0.39 is 0 Å². The number of hydrogen-bond acceptors (Lipinski definition) is 3. The number of aliphatic hydroxyl groups excluding tert-OH is 1. The average Bonchev–Trinajstić information content (AvgIpc) is 2.76. The van der Waals surface area contributed by atoms with E-state index in [1.807, 2.05) is 28.9 Å². The third kappa shape index (κ3) is 4.20. The third-order valence-electron chi connectivity index (χ3n) is 3.09. The summed E-state index contributed by atoms with van der Waals surface area (Å²) in [7, 11) is 2.09. The van der Waals surface area contributed by atoms with Crippen molar-refractivity contribution in [3.8, 4) is 0 Å². The SMILES string of the molecule is CN(CCCCCO)Cc1cn2cc(Cl)ccc2n1. The molecule has 0 unspecified atom stereocenters. The Kier molecular flexibility index (Phi) is 5.19. The second-order valence-corrected chi connectivity index (χ2v) is 5.30. The minimum atomic E-state index is 0.289. The van der Waals surface area contributed by atoms with Gasteiger partial charge in [-0.15, -0.1) is 0 Å². The van der Waals surface area contributed by atoms with Crippen molar-refractivity contribution in [3.63, 3.8) is 0 Å². The van der Waals surface area contributed by atoms with Crippen LogP contribution in [0.3, 0.4) is 0 Å². The number of halogens is 1. The maximum Gasteiger partial charge on any atom is 0.137 e. The fourth-order valence-electron chi connectivity index (χ4n) is 2.12. The monoisotopic (exact) mass is 281 g/mol. The number of pyridine rings is 1. The largest absolute Gasteiger partial charge is 0.396 e. The number of rotatable bonds is 7. The van der Waals surface area contributed by atoms with Gasteiger partial charge in [-0.3, -0.25) is 0 Å². The van der Waals surface area contributed by atoms with E-state index in [0.29, 0.717) is 5.02 Å². The summed E-state index contributed by atoms with van der Waals surface area (Å²) >= 11 is 5.95. The Morgan fingerprint density at radius 1 is 1.26 bits per heavy atom. The van der Waals surface area contributed by atoms with E-state index in [4.69, 9.17) is 16.7 Å². The molecule has 0 radical (unpaired) electrons. The number of aliphatic hydroxyl groups is 1. The lowest BCUT2D eigenvalue weighted by molar-refractivity contribution is 0.270. The second-order valence-electron chi connectivity index (χ2n) is 4.87. The molecule has 2 rings (SSSR count). The van der Waals surface area contributed by atoms with Gasteiger partial charge in [-0.1, -0.05) is 11.6 Å². The molecule has 0 spiro atoms. The van der Waals surface area contributed by atoms with Crippen LogP contribution in [0.2, 0.25) is 5.02 Å². The van der Waals surface area contributed by atoms with Crippen LogP contribution >= 0.6 is 11.6 Å². The van der Waals surface area contributed by atoms with E-state index in [2.05, 4.69) is 16.9 Å². The quantitative estimate of drug-likeness (QED) is 0.793. The number of hydrogen-bond donors (Lipinski definition) is 1. The third-order valence-corrected chi connectivity index (χ3v) is 3.32. The van der Waals surface area contributed by atoms with Crippen LogP contribution < -0.4 is 0 Å². The molecule has 0 aliphatic heterocycles. The summed E-state index contributed by atoms with van der Waals surface area (Å²) in [6.45, 7) is 2.14. The summed E-state index contributed by atoms with van der Waals surface area (Å²) in [6.07, 6.45) is 6.96. The van der Waals surface area contributed by atoms with Crippen LogP contribution in [0.4, 0.5) is 0 Å². The van der Waals surface area contributed by atoms with Gasteiger partial charge in [-0.05, 0) is 45.0 Å². The van der Waals surface area contributed by atoms with Gasteiger partial charge >= 0.3 is 0 Å². The normalized spacial score (nSPS) is 11.6. The maximum atomic E-state index is 8.73. The highest BCUT2D eigenvalue weighted by Crippen LogP contribution is 2.12. The van der Waals surface area contributed by atoms with E-state index in [0.717, 1.165) is 43.7 Å². The lowest BCUT2D eigenvalue weighted by Crippen LogP contribution is -2.19. The van der Waals surface area contributed by atoms with Crippen molar-refractivity contribution in [1.29, 1.82) is 0 Å². The number of unbranched alkanes of at least 4 members (excludes halogenated alkanes) is 2. The van der Waals surface area contributed by atoms with Crippen LogP contribution in [0.25, 0.3) is 5.65 Å². The predicted octanol–water partition coefficient (Wildman–Crippen LogP) is 2.58. The van der Waals surface area contributed by atoms with Gasteiger partial charge in [0.2, 0.25) is 0 Å². The zero-order chi connectivity index (χ0) is 13.7. The van der Waals surface area contributed by atoms with Crippen molar-refractivity contribution in [3.05, 3.63) is 35.2 Å². The molecule has 0 saturated heterocycles. The lowest BCUT2D eigenvalue weighted by atomic mass is 10.2. The standard InChI is InChI=1S/C14H20ClN3O/c1-17(7-3-2-4-8-19)10-13-11-18-9-12(15)5-6-14(18)16-13/h5-6,9,11,19H,2-4,7-8,10H2,1H3. The fourth-order valence-corrected chi connectivity index (χ4v) is 2.29. The first-order valence-corrected chi connectivity index (χ1v) is 6.99. The van der Waals surface area contributed by atoms with Crippen LogP contribution in [0.5, 0.6) is 0 Å². The highest BCUT2D eigenvalue weighted by molar-refractivity contribution is 6.30. The second kappa shape index (κ2) is 6.89. The fraction of sp³-hybridized carbons (Fsp3) is 0.500. The van der Waals surface area contributed by atoms with Crippen molar-refractivity contribution in [2.24, 2.45) is 0 Å². The lowest BCUT2D eigenvalue weighted by Gasteiger charge is -2.14. The molecule has 2 aromatic heterocycles. The van der Waals surface area contributed by atoms with Crippen LogP contribution in [0.15, 0.2) is 24.5 Å². The molecule has 4 nitrogen and oxygen atoms in total. The highest BCUT2D eigenvalue weighted by Gasteiger charge is 2.05. The van der Waals surface area contributed by atoms with Crippen LogP contribution in [-0.4, -0.2) is 39.6 Å². The maximum absolute atomic E-state index is 8.73. The van der Waals surface area contributed by atoms with Gasteiger partial charge in [-0.25, -0.2) is 4.98 Å². The summed E-state index contributed by atoms with van der Waals surface area (Å²) in [5, 5.41) is 9.45. The van der Waals surface area contributed by atoms with Gasteiger partial charge in [0.25, 0.3) is 0 Å². The topological polar surface area (TPSA) is 40.8 Å². The zero-order valence-electron chi connectivity index (χ0n) is 11.2. The first-order chi connectivity index (χ1) is 9.19. The molecular weight excluding hydrogens is 262 g/mol. The zero-order valence-corrected chi connectivity index (χ0v) is 12.0. The Balaban J connectivity index is 1.89. The number of nitrogens with zero attached hydrogens (tertiary/aromatic N) is 3. The number of imidazole rings is 1. The van der Waals surface area contributed by atoms with Gasteiger partial charge in [0.15, 0.2) is 0 Å². The average molecular weight is 282 g/mol. The molecule has 1 N–H and O–H groups in total. The molecule has 0 atom stereocenters. The molecule has 0 saturated carbocycles. The molecule has 0 fully saturated rings. The first kappa shape index (κ1) is 14.3.